The molecule has 0 atom stereocenters. The summed E-state index contributed by atoms with van der Waals surface area (Å²) in [5.74, 6) is -0.490. The third kappa shape index (κ3) is 3.57. The largest absolute Gasteiger partial charge is 0.347 e. The SMILES string of the molecule is CC(C)N1Cc2cc(C(=O)NCc3ccc(F)cc3Cl)sc2C1. The molecule has 1 amide bonds. The molecule has 0 saturated heterocycles. The highest BCUT2D eigenvalue weighted by Gasteiger charge is 2.25. The van der Waals surface area contributed by atoms with Crippen LogP contribution in [0.25, 0.3) is 0 Å². The maximum absolute atomic E-state index is 13.0. The molecular weight excluding hydrogens is 335 g/mol. The fourth-order valence-electron chi connectivity index (χ4n) is 2.60. The van der Waals surface area contributed by atoms with Gasteiger partial charge in [-0.1, -0.05) is 17.7 Å². The highest BCUT2D eigenvalue weighted by molar-refractivity contribution is 7.14. The van der Waals surface area contributed by atoms with Crippen LogP contribution in [-0.2, 0) is 19.6 Å². The first kappa shape index (κ1) is 16.4. The van der Waals surface area contributed by atoms with Crippen molar-refractivity contribution in [3.8, 4) is 0 Å². The smallest absolute Gasteiger partial charge is 0.261 e. The predicted molar refractivity (Wildman–Crippen MR) is 91.3 cm³/mol. The predicted octanol–water partition coefficient (Wildman–Crippen LogP) is 4.19. The van der Waals surface area contributed by atoms with E-state index in [2.05, 4.69) is 24.1 Å². The number of thiophene rings is 1. The van der Waals surface area contributed by atoms with E-state index in [1.54, 1.807) is 17.4 Å². The van der Waals surface area contributed by atoms with Gasteiger partial charge in [-0.05, 0) is 43.2 Å². The van der Waals surface area contributed by atoms with E-state index >= 15 is 0 Å². The van der Waals surface area contributed by atoms with Crippen LogP contribution in [0.3, 0.4) is 0 Å². The molecule has 0 bridgehead atoms. The number of benzene rings is 1. The molecule has 3 rings (SSSR count). The number of carbonyl (C=O) groups excluding carboxylic acids is 1. The lowest BCUT2D eigenvalue weighted by Gasteiger charge is -2.19. The average Bonchev–Trinajstić information content (AvgIpc) is 3.04. The first-order valence-electron chi connectivity index (χ1n) is 7.52. The van der Waals surface area contributed by atoms with Gasteiger partial charge in [0.25, 0.3) is 5.91 Å². The van der Waals surface area contributed by atoms with Gasteiger partial charge in [0.05, 0.1) is 4.88 Å². The van der Waals surface area contributed by atoms with Crippen molar-refractivity contribution in [3.05, 3.63) is 56.0 Å². The average molecular weight is 353 g/mol. The Bertz CT molecular complexity index is 721. The summed E-state index contributed by atoms with van der Waals surface area (Å²) in [7, 11) is 0. The van der Waals surface area contributed by atoms with Crippen LogP contribution in [0.2, 0.25) is 5.02 Å². The van der Waals surface area contributed by atoms with Crippen molar-refractivity contribution in [2.24, 2.45) is 0 Å². The zero-order valence-corrected chi connectivity index (χ0v) is 14.6. The van der Waals surface area contributed by atoms with Crippen LogP contribution in [0.5, 0.6) is 0 Å². The van der Waals surface area contributed by atoms with E-state index < -0.39 is 0 Å². The van der Waals surface area contributed by atoms with Gasteiger partial charge in [0, 0.05) is 35.6 Å². The van der Waals surface area contributed by atoms with Crippen LogP contribution in [0.1, 0.15) is 39.5 Å². The third-order valence-electron chi connectivity index (χ3n) is 4.03. The Morgan fingerprint density at radius 1 is 1.39 bits per heavy atom. The summed E-state index contributed by atoms with van der Waals surface area (Å²) in [6.07, 6.45) is 0. The first-order valence-corrected chi connectivity index (χ1v) is 8.71. The van der Waals surface area contributed by atoms with Gasteiger partial charge in [-0.15, -0.1) is 11.3 Å². The molecule has 0 radical (unpaired) electrons. The fraction of sp³-hybridized carbons (Fsp3) is 0.353. The summed E-state index contributed by atoms with van der Waals surface area (Å²) in [6, 6.07) is 6.67. The molecule has 0 fully saturated rings. The number of halogens is 2. The number of carbonyl (C=O) groups is 1. The van der Waals surface area contributed by atoms with E-state index in [9.17, 15) is 9.18 Å². The number of nitrogens with zero attached hydrogens (tertiary/aromatic N) is 1. The Labute approximate surface area is 144 Å². The lowest BCUT2D eigenvalue weighted by atomic mass is 10.2. The van der Waals surface area contributed by atoms with E-state index in [0.29, 0.717) is 23.2 Å². The molecule has 1 aromatic carbocycles. The van der Waals surface area contributed by atoms with Gasteiger partial charge in [-0.25, -0.2) is 4.39 Å². The molecule has 2 heterocycles. The molecule has 2 aromatic rings. The van der Waals surface area contributed by atoms with Crippen LogP contribution in [0.4, 0.5) is 4.39 Å². The summed E-state index contributed by atoms with van der Waals surface area (Å²) in [5, 5.41) is 3.17. The zero-order chi connectivity index (χ0) is 16.6. The Morgan fingerprint density at radius 2 is 2.17 bits per heavy atom. The van der Waals surface area contributed by atoms with Crippen LogP contribution < -0.4 is 5.32 Å². The van der Waals surface area contributed by atoms with Crippen molar-refractivity contribution in [2.75, 3.05) is 0 Å². The Kier molecular flexibility index (Phi) is 4.71. The van der Waals surface area contributed by atoms with Gasteiger partial charge in [0.15, 0.2) is 0 Å². The molecule has 1 N–H and O–H groups in total. The molecule has 0 unspecified atom stereocenters. The molecule has 0 saturated carbocycles. The highest BCUT2D eigenvalue weighted by Crippen LogP contribution is 2.32. The normalized spacial score (nSPS) is 14.3. The van der Waals surface area contributed by atoms with Crippen molar-refractivity contribution in [1.29, 1.82) is 0 Å². The quantitative estimate of drug-likeness (QED) is 0.894. The second-order valence-electron chi connectivity index (χ2n) is 5.98. The maximum atomic E-state index is 13.0. The maximum Gasteiger partial charge on any atom is 0.261 e. The fourth-order valence-corrected chi connectivity index (χ4v) is 3.95. The van der Waals surface area contributed by atoms with Gasteiger partial charge in [0.1, 0.15) is 5.82 Å². The summed E-state index contributed by atoms with van der Waals surface area (Å²) >= 11 is 7.52. The monoisotopic (exact) mass is 352 g/mol. The van der Waals surface area contributed by atoms with Gasteiger partial charge in [-0.3, -0.25) is 9.69 Å². The van der Waals surface area contributed by atoms with Crippen LogP contribution in [0.15, 0.2) is 24.3 Å². The highest BCUT2D eigenvalue weighted by atomic mass is 35.5. The Morgan fingerprint density at radius 3 is 2.83 bits per heavy atom. The van der Waals surface area contributed by atoms with E-state index in [0.717, 1.165) is 18.0 Å². The lowest BCUT2D eigenvalue weighted by Crippen LogP contribution is -2.25. The molecule has 1 aromatic heterocycles. The summed E-state index contributed by atoms with van der Waals surface area (Å²) in [5.41, 5.74) is 1.95. The summed E-state index contributed by atoms with van der Waals surface area (Å²) in [6.45, 7) is 6.46. The van der Waals surface area contributed by atoms with Gasteiger partial charge >= 0.3 is 0 Å². The summed E-state index contributed by atoms with van der Waals surface area (Å²) in [4.78, 5) is 16.6. The van der Waals surface area contributed by atoms with Crippen LogP contribution >= 0.6 is 22.9 Å². The summed E-state index contributed by atoms with van der Waals surface area (Å²) < 4.78 is 13.0. The number of fused-ring (bicyclic) bond motifs is 1. The minimum absolute atomic E-state index is 0.110. The standard InChI is InChI=1S/C17H18ClFN2OS/c1-10(2)21-8-12-5-15(23-16(12)9-21)17(22)20-7-11-3-4-13(19)6-14(11)18/h3-6,10H,7-9H2,1-2H3,(H,20,22). The van der Waals surface area contributed by atoms with E-state index in [-0.39, 0.29) is 11.7 Å². The Hall–Kier alpha value is -1.43. The molecule has 3 nitrogen and oxygen atoms in total. The molecule has 1 aliphatic rings. The molecule has 0 spiro atoms. The zero-order valence-electron chi connectivity index (χ0n) is 13.0. The minimum atomic E-state index is -0.380. The van der Waals surface area contributed by atoms with E-state index in [4.69, 9.17) is 11.6 Å². The molecule has 0 aliphatic carbocycles. The van der Waals surface area contributed by atoms with Crippen molar-refractivity contribution < 1.29 is 9.18 Å². The molecule has 1 aliphatic heterocycles. The van der Waals surface area contributed by atoms with Gasteiger partial charge in [0.2, 0.25) is 0 Å². The van der Waals surface area contributed by atoms with Crippen molar-refractivity contribution >= 4 is 28.8 Å². The minimum Gasteiger partial charge on any atom is -0.347 e. The second-order valence-corrected chi connectivity index (χ2v) is 7.52. The first-order chi connectivity index (χ1) is 10.9. The van der Waals surface area contributed by atoms with Crippen molar-refractivity contribution in [1.82, 2.24) is 10.2 Å². The van der Waals surface area contributed by atoms with E-state index in [1.807, 2.05) is 6.07 Å². The topological polar surface area (TPSA) is 32.3 Å². The second kappa shape index (κ2) is 6.59. The van der Waals surface area contributed by atoms with Crippen LogP contribution in [-0.4, -0.2) is 16.8 Å². The molecule has 6 heteroatoms. The molecular formula is C17H18ClFN2OS. The Balaban J connectivity index is 1.63. The molecule has 122 valence electrons. The number of rotatable bonds is 4. The third-order valence-corrected chi connectivity index (χ3v) is 5.54. The van der Waals surface area contributed by atoms with Gasteiger partial charge in [-0.2, -0.15) is 0 Å². The lowest BCUT2D eigenvalue weighted by molar-refractivity contribution is 0.0955. The van der Waals surface area contributed by atoms with Crippen LogP contribution in [0, 0.1) is 5.82 Å². The van der Waals surface area contributed by atoms with Gasteiger partial charge < -0.3 is 5.32 Å². The van der Waals surface area contributed by atoms with Crippen molar-refractivity contribution in [2.45, 2.75) is 39.5 Å². The van der Waals surface area contributed by atoms with Crippen molar-refractivity contribution in [3.63, 3.8) is 0 Å². The number of amides is 1. The number of nitrogens with one attached hydrogen (secondary N) is 1. The number of hydrogen-bond donors (Lipinski definition) is 1. The van der Waals surface area contributed by atoms with E-state index in [1.165, 1.54) is 22.6 Å². The molecule has 23 heavy (non-hydrogen) atoms. The number of hydrogen-bond acceptors (Lipinski definition) is 3.